The maximum atomic E-state index is 12.8. The number of anilines is 1. The Morgan fingerprint density at radius 1 is 1.18 bits per heavy atom. The fourth-order valence-electron chi connectivity index (χ4n) is 4.39. The number of rotatable bonds is 8. The van der Waals surface area contributed by atoms with E-state index >= 15 is 0 Å². The molecule has 1 aromatic heterocycles. The van der Waals surface area contributed by atoms with Crippen LogP contribution < -0.4 is 27.0 Å². The first-order chi connectivity index (χ1) is 16.2. The van der Waals surface area contributed by atoms with Crippen LogP contribution in [-0.4, -0.2) is 77.8 Å². The summed E-state index contributed by atoms with van der Waals surface area (Å²) in [5.74, 6) is 1.33. The van der Waals surface area contributed by atoms with Crippen molar-refractivity contribution in [3.05, 3.63) is 52.6 Å². The maximum Gasteiger partial charge on any atom is 0.354 e. The number of nitrogens with two attached hydrogens (primary N) is 1. The number of benzene rings is 1. The molecule has 2 aliphatic rings. The summed E-state index contributed by atoms with van der Waals surface area (Å²) in [7, 11) is 0. The topological polar surface area (TPSA) is 109 Å². The van der Waals surface area contributed by atoms with E-state index in [0.29, 0.717) is 38.0 Å². The highest BCUT2D eigenvalue weighted by Gasteiger charge is 2.30. The van der Waals surface area contributed by atoms with Crippen LogP contribution in [0.2, 0.25) is 0 Å². The van der Waals surface area contributed by atoms with Crippen molar-refractivity contribution in [2.75, 3.05) is 50.7 Å². The smallest absolute Gasteiger partial charge is 0.353 e. The summed E-state index contributed by atoms with van der Waals surface area (Å²) in [5.41, 5.74) is 6.80. The van der Waals surface area contributed by atoms with Gasteiger partial charge in [0.05, 0.1) is 11.2 Å². The molecule has 1 amide bonds. The van der Waals surface area contributed by atoms with Crippen LogP contribution >= 0.6 is 0 Å². The molecule has 4 rings (SSSR count). The van der Waals surface area contributed by atoms with Gasteiger partial charge < -0.3 is 26.2 Å². The molecule has 0 saturated carbocycles. The van der Waals surface area contributed by atoms with E-state index in [1.165, 1.54) is 5.56 Å². The number of piperazine rings is 1. The average molecular weight is 468 g/mol. The lowest BCUT2D eigenvalue weighted by Crippen LogP contribution is -2.57. The molecule has 3 heterocycles. The molecule has 2 saturated heterocycles. The molecule has 0 radical (unpaired) electrons. The van der Waals surface area contributed by atoms with Gasteiger partial charge in [-0.3, -0.25) is 9.36 Å². The normalized spacial score (nSPS) is 18.0. The Morgan fingerprint density at radius 3 is 2.41 bits per heavy atom. The minimum atomic E-state index is -0.876. The lowest BCUT2D eigenvalue weighted by Gasteiger charge is -2.37. The number of amides is 1. The average Bonchev–Trinajstić information content (AvgIpc) is 2.78. The SMILES string of the molecule is CC(Cc1ccc(-n2ccc(N3CCN(C(=O)C(C)(C)N)CC3)nc2=O)cc1)NCC1CNC1. The number of aromatic nitrogens is 2. The molecule has 2 aliphatic heterocycles. The highest BCUT2D eigenvalue weighted by atomic mass is 16.2. The van der Waals surface area contributed by atoms with Crippen molar-refractivity contribution < 1.29 is 4.79 Å². The van der Waals surface area contributed by atoms with Crippen molar-refractivity contribution in [3.63, 3.8) is 0 Å². The molecule has 9 heteroatoms. The van der Waals surface area contributed by atoms with E-state index in [1.54, 1.807) is 29.5 Å². The summed E-state index contributed by atoms with van der Waals surface area (Å²) in [6.45, 7) is 11.3. The highest BCUT2D eigenvalue weighted by molar-refractivity contribution is 5.85. The van der Waals surface area contributed by atoms with Gasteiger partial charge in [0.2, 0.25) is 5.91 Å². The Morgan fingerprint density at radius 2 is 1.85 bits per heavy atom. The van der Waals surface area contributed by atoms with Crippen LogP contribution in [0.15, 0.2) is 41.3 Å². The van der Waals surface area contributed by atoms with Gasteiger partial charge in [0.15, 0.2) is 0 Å². The number of carbonyl (C=O) groups excluding carboxylic acids is 1. The molecular formula is C25H37N7O2. The first-order valence-corrected chi connectivity index (χ1v) is 12.2. The van der Waals surface area contributed by atoms with Crippen LogP contribution in [0.3, 0.4) is 0 Å². The fourth-order valence-corrected chi connectivity index (χ4v) is 4.39. The Hall–Kier alpha value is -2.75. The predicted octanol–water partition coefficient (Wildman–Crippen LogP) is 0.358. The van der Waals surface area contributed by atoms with E-state index in [-0.39, 0.29) is 11.6 Å². The van der Waals surface area contributed by atoms with Gasteiger partial charge in [-0.2, -0.15) is 4.98 Å². The van der Waals surface area contributed by atoms with Gasteiger partial charge in [0.1, 0.15) is 5.82 Å². The zero-order valence-electron chi connectivity index (χ0n) is 20.5. The summed E-state index contributed by atoms with van der Waals surface area (Å²) in [6, 6.07) is 10.4. The van der Waals surface area contributed by atoms with Gasteiger partial charge >= 0.3 is 5.69 Å². The lowest BCUT2D eigenvalue weighted by molar-refractivity contribution is -0.136. The van der Waals surface area contributed by atoms with Gasteiger partial charge in [-0.25, -0.2) is 4.79 Å². The first kappa shape index (κ1) is 24.4. The third-order valence-corrected chi connectivity index (χ3v) is 6.61. The van der Waals surface area contributed by atoms with E-state index in [4.69, 9.17) is 5.73 Å². The van der Waals surface area contributed by atoms with E-state index in [2.05, 4.69) is 34.7 Å². The molecule has 2 fully saturated rings. The molecule has 9 nitrogen and oxygen atoms in total. The second kappa shape index (κ2) is 10.2. The van der Waals surface area contributed by atoms with Crippen molar-refractivity contribution in [3.8, 4) is 5.69 Å². The molecule has 1 unspecified atom stereocenters. The molecule has 2 aromatic rings. The summed E-state index contributed by atoms with van der Waals surface area (Å²) in [5, 5.41) is 6.90. The van der Waals surface area contributed by atoms with Crippen molar-refractivity contribution in [2.24, 2.45) is 11.7 Å². The molecule has 0 spiro atoms. The Labute approximate surface area is 201 Å². The van der Waals surface area contributed by atoms with Crippen LogP contribution in [0.25, 0.3) is 5.69 Å². The number of hydrogen-bond acceptors (Lipinski definition) is 7. The van der Waals surface area contributed by atoms with Crippen LogP contribution in [0.1, 0.15) is 26.3 Å². The van der Waals surface area contributed by atoms with Crippen molar-refractivity contribution in [2.45, 2.75) is 38.8 Å². The van der Waals surface area contributed by atoms with Gasteiger partial charge in [-0.15, -0.1) is 0 Å². The van der Waals surface area contributed by atoms with Gasteiger partial charge in [0, 0.05) is 58.1 Å². The van der Waals surface area contributed by atoms with Gasteiger partial charge in [0.25, 0.3) is 0 Å². The Kier molecular flexibility index (Phi) is 7.35. The minimum Gasteiger partial charge on any atom is -0.353 e. The number of nitrogens with one attached hydrogen (secondary N) is 2. The monoisotopic (exact) mass is 467 g/mol. The second-order valence-electron chi connectivity index (χ2n) is 10.1. The zero-order valence-corrected chi connectivity index (χ0v) is 20.5. The Balaban J connectivity index is 1.34. The minimum absolute atomic E-state index is 0.0557. The highest BCUT2D eigenvalue weighted by Crippen LogP contribution is 2.16. The van der Waals surface area contributed by atoms with Crippen LogP contribution in [-0.2, 0) is 11.2 Å². The molecule has 1 aromatic carbocycles. The summed E-state index contributed by atoms with van der Waals surface area (Å²) < 4.78 is 1.56. The van der Waals surface area contributed by atoms with Crippen LogP contribution in [0.5, 0.6) is 0 Å². The fraction of sp³-hybridized carbons (Fsp3) is 0.560. The van der Waals surface area contributed by atoms with Gasteiger partial charge in [-0.05, 0) is 56.9 Å². The molecule has 184 valence electrons. The first-order valence-electron chi connectivity index (χ1n) is 12.2. The van der Waals surface area contributed by atoms with E-state index < -0.39 is 5.54 Å². The predicted molar refractivity (Wildman–Crippen MR) is 134 cm³/mol. The number of nitrogens with zero attached hydrogens (tertiary/aromatic N) is 4. The molecule has 1 atom stereocenters. The maximum absolute atomic E-state index is 12.8. The molecule has 34 heavy (non-hydrogen) atoms. The largest absolute Gasteiger partial charge is 0.354 e. The van der Waals surface area contributed by atoms with Crippen LogP contribution in [0, 0.1) is 5.92 Å². The quantitative estimate of drug-likeness (QED) is 0.514. The van der Waals surface area contributed by atoms with E-state index in [0.717, 1.165) is 37.7 Å². The van der Waals surface area contributed by atoms with E-state index in [1.807, 2.05) is 23.1 Å². The third kappa shape index (κ3) is 5.84. The number of carbonyl (C=O) groups is 1. The lowest BCUT2D eigenvalue weighted by atomic mass is 10.0. The van der Waals surface area contributed by atoms with E-state index in [9.17, 15) is 9.59 Å². The zero-order chi connectivity index (χ0) is 24.3. The molecular weight excluding hydrogens is 430 g/mol. The standard InChI is InChI=1S/C25H37N7O2/c1-18(28-17-20-15-27-16-20)14-19-4-6-21(7-5-19)32-9-8-22(29-24(32)34)30-10-12-31(13-11-30)23(33)25(2,3)26/h4-9,18,20,27-28H,10-17,26H2,1-3H3. The van der Waals surface area contributed by atoms with Crippen LogP contribution in [0.4, 0.5) is 5.82 Å². The number of hydrogen-bond donors (Lipinski definition) is 3. The summed E-state index contributed by atoms with van der Waals surface area (Å²) in [4.78, 5) is 33.3. The van der Waals surface area contributed by atoms with Crippen molar-refractivity contribution >= 4 is 11.7 Å². The Bertz CT molecular complexity index is 1030. The molecule has 0 aliphatic carbocycles. The molecule has 0 bridgehead atoms. The molecule has 4 N–H and O–H groups in total. The van der Waals surface area contributed by atoms with Gasteiger partial charge in [-0.1, -0.05) is 12.1 Å². The summed E-state index contributed by atoms with van der Waals surface area (Å²) in [6.07, 6.45) is 2.72. The summed E-state index contributed by atoms with van der Waals surface area (Å²) >= 11 is 0. The van der Waals surface area contributed by atoms with Crippen molar-refractivity contribution in [1.29, 1.82) is 0 Å². The second-order valence-corrected chi connectivity index (χ2v) is 10.1. The third-order valence-electron chi connectivity index (χ3n) is 6.61. The van der Waals surface area contributed by atoms with Crippen molar-refractivity contribution in [1.82, 2.24) is 25.1 Å².